The fraction of sp³-hybridized carbons (Fsp3) is 0.167. The van der Waals surface area contributed by atoms with Crippen LogP contribution in [0.3, 0.4) is 0 Å². The summed E-state index contributed by atoms with van der Waals surface area (Å²) in [6.07, 6.45) is -3.89. The summed E-state index contributed by atoms with van der Waals surface area (Å²) in [6.45, 7) is -0.755. The maximum absolute atomic E-state index is 13.6. The van der Waals surface area contributed by atoms with Crippen LogP contribution in [-0.2, 0) is 9.53 Å². The Morgan fingerprint density at radius 3 is 2.62 bits per heavy atom. The van der Waals surface area contributed by atoms with Gasteiger partial charge in [-0.15, -0.1) is 0 Å². The highest BCUT2D eigenvalue weighted by Crippen LogP contribution is 2.34. The number of carbonyl (C=O) groups is 1. The molecular formula is C18H13ClF5N3O2. The van der Waals surface area contributed by atoms with E-state index in [1.807, 2.05) is 0 Å². The monoisotopic (exact) mass is 433 g/mol. The molecular weight excluding hydrogens is 421 g/mol. The second kappa shape index (κ2) is 8.26. The van der Waals surface area contributed by atoms with Gasteiger partial charge >= 0.3 is 6.18 Å². The van der Waals surface area contributed by atoms with Crippen LogP contribution in [0.4, 0.5) is 33.3 Å². The number of hydrogen-bond acceptors (Lipinski definition) is 4. The molecule has 2 aromatic rings. The first-order valence-corrected chi connectivity index (χ1v) is 8.50. The molecule has 3 rings (SSSR count). The number of nitrogens with zero attached hydrogens (tertiary/aromatic N) is 1. The van der Waals surface area contributed by atoms with Crippen LogP contribution in [0.5, 0.6) is 0 Å². The number of amides is 1. The normalized spacial score (nSPS) is 16.6. The summed E-state index contributed by atoms with van der Waals surface area (Å²) in [4.78, 5) is 12.0. The summed E-state index contributed by atoms with van der Waals surface area (Å²) >= 11 is 6.03. The molecule has 1 heterocycles. The number of halogens is 6. The molecule has 11 heteroatoms. The molecule has 2 aromatic carbocycles. The van der Waals surface area contributed by atoms with Crippen LogP contribution in [0.1, 0.15) is 0 Å². The molecule has 0 spiro atoms. The number of alkyl halides is 3. The Labute approximate surface area is 166 Å². The zero-order chi connectivity index (χ0) is 21.2. The predicted molar refractivity (Wildman–Crippen MR) is 95.9 cm³/mol. The Morgan fingerprint density at radius 1 is 1.21 bits per heavy atom. The van der Waals surface area contributed by atoms with Crippen LogP contribution in [0, 0.1) is 11.6 Å². The van der Waals surface area contributed by atoms with E-state index in [1.54, 1.807) is 12.1 Å². The maximum Gasteiger partial charge on any atom is 0.409 e. The molecule has 0 saturated heterocycles. The molecule has 0 radical (unpaired) electrons. The number of rotatable bonds is 5. The molecule has 1 unspecified atom stereocenters. The smallest absolute Gasteiger partial charge is 0.409 e. The standard InChI is InChI=1S/C18H13ClF5N3O2/c19-11-3-1-2-4-14(11)27-17(8-15(26-27)18(22,23)24)29-9-16(28)25-13-7-10(20)5-6-12(13)21/h1-8,15,26H,9H2,(H,25,28). The van der Waals surface area contributed by atoms with Crippen LogP contribution in [0.25, 0.3) is 0 Å². The lowest BCUT2D eigenvalue weighted by Gasteiger charge is -2.25. The van der Waals surface area contributed by atoms with E-state index < -0.39 is 42.1 Å². The largest absolute Gasteiger partial charge is 0.468 e. The molecule has 1 aliphatic rings. The minimum absolute atomic E-state index is 0.142. The SMILES string of the molecule is O=C(COC1=CC(C(F)(F)F)NN1c1ccccc1Cl)Nc1cc(F)ccc1F. The molecule has 1 atom stereocenters. The molecule has 0 fully saturated rings. The van der Waals surface area contributed by atoms with Gasteiger partial charge in [-0.2, -0.15) is 13.2 Å². The highest BCUT2D eigenvalue weighted by molar-refractivity contribution is 6.33. The van der Waals surface area contributed by atoms with Crippen molar-refractivity contribution in [1.82, 2.24) is 5.43 Å². The number of carbonyl (C=O) groups excluding carboxylic acids is 1. The van der Waals surface area contributed by atoms with Crippen molar-refractivity contribution < 1.29 is 31.5 Å². The zero-order valence-electron chi connectivity index (χ0n) is 14.4. The molecule has 1 amide bonds. The lowest BCUT2D eigenvalue weighted by atomic mass is 10.3. The van der Waals surface area contributed by atoms with Crippen molar-refractivity contribution in [2.45, 2.75) is 12.2 Å². The summed E-state index contributed by atoms with van der Waals surface area (Å²) in [5.41, 5.74) is 1.94. The Bertz CT molecular complexity index is 951. The minimum Gasteiger partial charge on any atom is -0.468 e. The second-order valence-electron chi connectivity index (χ2n) is 5.90. The Morgan fingerprint density at radius 2 is 1.93 bits per heavy atom. The van der Waals surface area contributed by atoms with Gasteiger partial charge in [0.05, 0.1) is 16.4 Å². The summed E-state index contributed by atoms with van der Waals surface area (Å²) in [6, 6.07) is 6.45. The van der Waals surface area contributed by atoms with Gasteiger partial charge in [0.15, 0.2) is 6.61 Å². The number of para-hydroxylation sites is 1. The summed E-state index contributed by atoms with van der Waals surface area (Å²) in [7, 11) is 0. The number of nitrogens with one attached hydrogen (secondary N) is 2. The third-order valence-corrected chi connectivity index (χ3v) is 4.12. The summed E-state index contributed by atoms with van der Waals surface area (Å²) in [5, 5.41) is 3.19. The van der Waals surface area contributed by atoms with Crippen LogP contribution in [-0.4, -0.2) is 24.7 Å². The topological polar surface area (TPSA) is 53.6 Å². The number of benzene rings is 2. The molecule has 1 aliphatic heterocycles. The fourth-order valence-corrected chi connectivity index (χ4v) is 2.70. The van der Waals surface area contributed by atoms with Crippen LogP contribution in [0.2, 0.25) is 5.02 Å². The van der Waals surface area contributed by atoms with Crippen molar-refractivity contribution in [1.29, 1.82) is 0 Å². The van der Waals surface area contributed by atoms with Gasteiger partial charge < -0.3 is 10.1 Å². The minimum atomic E-state index is -4.63. The van der Waals surface area contributed by atoms with E-state index in [9.17, 15) is 26.7 Å². The van der Waals surface area contributed by atoms with Crippen molar-refractivity contribution in [3.8, 4) is 0 Å². The Kier molecular flexibility index (Phi) is 5.94. The molecule has 0 aromatic heterocycles. The van der Waals surface area contributed by atoms with Gasteiger partial charge in [-0.3, -0.25) is 4.79 Å². The van der Waals surface area contributed by atoms with Gasteiger partial charge in [-0.1, -0.05) is 23.7 Å². The zero-order valence-corrected chi connectivity index (χ0v) is 15.2. The highest BCUT2D eigenvalue weighted by atomic mass is 35.5. The highest BCUT2D eigenvalue weighted by Gasteiger charge is 2.44. The number of hydrogen-bond donors (Lipinski definition) is 2. The van der Waals surface area contributed by atoms with Crippen molar-refractivity contribution in [2.24, 2.45) is 0 Å². The molecule has 0 aliphatic carbocycles. The molecule has 2 N–H and O–H groups in total. The van der Waals surface area contributed by atoms with Crippen molar-refractivity contribution in [2.75, 3.05) is 16.9 Å². The summed E-state index contributed by atoms with van der Waals surface area (Å²) in [5.74, 6) is -2.88. The maximum atomic E-state index is 13.6. The van der Waals surface area contributed by atoms with Crippen LogP contribution >= 0.6 is 11.6 Å². The van der Waals surface area contributed by atoms with Gasteiger partial charge in [-0.05, 0) is 24.3 Å². The molecule has 29 heavy (non-hydrogen) atoms. The quantitative estimate of drug-likeness (QED) is 0.688. The van der Waals surface area contributed by atoms with E-state index in [0.717, 1.165) is 29.3 Å². The lowest BCUT2D eigenvalue weighted by Crippen LogP contribution is -2.45. The predicted octanol–water partition coefficient (Wildman–Crippen LogP) is 4.37. The Hall–Kier alpha value is -2.85. The van der Waals surface area contributed by atoms with Gasteiger partial charge in [-0.25, -0.2) is 19.2 Å². The average Bonchev–Trinajstić information content (AvgIpc) is 3.08. The first kappa shape index (κ1) is 20.9. The molecule has 0 saturated carbocycles. The van der Waals surface area contributed by atoms with Gasteiger partial charge in [0.1, 0.15) is 17.7 Å². The number of ether oxygens (including phenoxy) is 1. The fourth-order valence-electron chi connectivity index (χ4n) is 2.48. The van der Waals surface area contributed by atoms with Crippen molar-refractivity contribution >= 4 is 28.9 Å². The first-order chi connectivity index (χ1) is 13.6. The van der Waals surface area contributed by atoms with E-state index in [0.29, 0.717) is 0 Å². The van der Waals surface area contributed by atoms with E-state index in [-0.39, 0.29) is 16.6 Å². The van der Waals surface area contributed by atoms with Crippen molar-refractivity contribution in [3.05, 3.63) is 71.1 Å². The first-order valence-electron chi connectivity index (χ1n) is 8.12. The third-order valence-electron chi connectivity index (χ3n) is 3.80. The van der Waals surface area contributed by atoms with Gasteiger partial charge in [0, 0.05) is 12.1 Å². The van der Waals surface area contributed by atoms with Gasteiger partial charge in [0.2, 0.25) is 5.88 Å². The van der Waals surface area contributed by atoms with Crippen LogP contribution in [0.15, 0.2) is 54.4 Å². The van der Waals surface area contributed by atoms with Crippen molar-refractivity contribution in [3.63, 3.8) is 0 Å². The van der Waals surface area contributed by atoms with Gasteiger partial charge in [0.25, 0.3) is 5.91 Å². The van der Waals surface area contributed by atoms with E-state index in [1.165, 1.54) is 12.1 Å². The molecule has 5 nitrogen and oxygen atoms in total. The average molecular weight is 434 g/mol. The molecule has 154 valence electrons. The van der Waals surface area contributed by atoms with Crippen LogP contribution < -0.4 is 15.8 Å². The third kappa shape index (κ3) is 4.96. The van der Waals surface area contributed by atoms with E-state index in [2.05, 4.69) is 10.7 Å². The number of hydrazine groups is 1. The number of anilines is 2. The summed E-state index contributed by atoms with van der Waals surface area (Å²) < 4.78 is 71.3. The Balaban J connectivity index is 1.74. The van der Waals surface area contributed by atoms with E-state index >= 15 is 0 Å². The molecule has 0 bridgehead atoms. The second-order valence-corrected chi connectivity index (χ2v) is 6.31. The lowest BCUT2D eigenvalue weighted by molar-refractivity contribution is -0.142. The van der Waals surface area contributed by atoms with E-state index in [4.69, 9.17) is 16.3 Å².